The molecule has 2 fully saturated rings. The number of nitrogen functional groups attached to an aromatic ring is 1. The molecule has 2 heterocycles. The predicted octanol–water partition coefficient (Wildman–Crippen LogP) is 5.46. The van der Waals surface area contributed by atoms with Gasteiger partial charge >= 0.3 is 6.18 Å². The van der Waals surface area contributed by atoms with E-state index in [4.69, 9.17) is 29.9 Å². The monoisotopic (exact) mass is 488 g/mol. The molecule has 2 atom stereocenters. The van der Waals surface area contributed by atoms with Crippen molar-refractivity contribution in [2.75, 3.05) is 31.4 Å². The van der Waals surface area contributed by atoms with E-state index in [1.807, 2.05) is 12.1 Å². The Morgan fingerprint density at radius 1 is 1.09 bits per heavy atom. The number of alkyl halides is 3. The van der Waals surface area contributed by atoms with Crippen molar-refractivity contribution in [3.63, 3.8) is 0 Å². The summed E-state index contributed by atoms with van der Waals surface area (Å²) in [6, 6.07) is 6.71. The summed E-state index contributed by atoms with van der Waals surface area (Å²) in [5, 5.41) is 3.98. The molecule has 0 unspecified atom stereocenters. The van der Waals surface area contributed by atoms with Gasteiger partial charge in [-0.2, -0.15) is 13.2 Å². The van der Waals surface area contributed by atoms with Gasteiger partial charge in [0.05, 0.1) is 37.4 Å². The number of nitrogens with one attached hydrogen (secondary N) is 1. The molecule has 5 rings (SSSR count). The third-order valence-electron chi connectivity index (χ3n) is 6.28. The first-order chi connectivity index (χ1) is 16.7. The van der Waals surface area contributed by atoms with Crippen LogP contribution in [-0.4, -0.2) is 36.4 Å². The van der Waals surface area contributed by atoms with Gasteiger partial charge in [0, 0.05) is 29.5 Å². The molecule has 0 spiro atoms. The van der Waals surface area contributed by atoms with Gasteiger partial charge in [0.1, 0.15) is 17.7 Å². The third-order valence-corrected chi connectivity index (χ3v) is 6.28. The second kappa shape index (κ2) is 9.07. The summed E-state index contributed by atoms with van der Waals surface area (Å²) in [5.74, 6) is 2.59. The summed E-state index contributed by atoms with van der Waals surface area (Å²) in [5.41, 5.74) is 6.13. The SMILES string of the molecule is COc1cc2nc(C3CC3)nc(N[C@H](C)c3cc(N)cc(C(F)(F)F)c3)c2cc1O[C@H]1CCOC1. The van der Waals surface area contributed by atoms with E-state index in [0.717, 1.165) is 31.4 Å². The van der Waals surface area contributed by atoms with Crippen molar-refractivity contribution in [3.05, 3.63) is 47.3 Å². The van der Waals surface area contributed by atoms with Crippen LogP contribution in [0.4, 0.5) is 24.7 Å². The molecule has 2 aromatic carbocycles. The highest BCUT2D eigenvalue weighted by molar-refractivity contribution is 5.92. The van der Waals surface area contributed by atoms with E-state index in [-0.39, 0.29) is 17.7 Å². The number of fused-ring (bicyclic) bond motifs is 1. The fourth-order valence-corrected chi connectivity index (χ4v) is 4.20. The third kappa shape index (κ3) is 5.07. The van der Waals surface area contributed by atoms with Crippen LogP contribution in [0.1, 0.15) is 55.1 Å². The number of nitrogens with zero attached hydrogens (tertiary/aromatic N) is 2. The van der Waals surface area contributed by atoms with Gasteiger partial charge in [0.25, 0.3) is 0 Å². The zero-order valence-corrected chi connectivity index (χ0v) is 19.5. The van der Waals surface area contributed by atoms with Crippen LogP contribution in [0.25, 0.3) is 10.9 Å². The summed E-state index contributed by atoms with van der Waals surface area (Å²) in [6.45, 7) is 2.91. The Balaban J connectivity index is 1.54. The maximum atomic E-state index is 13.3. The van der Waals surface area contributed by atoms with Gasteiger partial charge in [-0.25, -0.2) is 9.97 Å². The van der Waals surface area contributed by atoms with E-state index in [9.17, 15) is 13.2 Å². The van der Waals surface area contributed by atoms with Crippen LogP contribution < -0.4 is 20.5 Å². The molecule has 35 heavy (non-hydrogen) atoms. The minimum absolute atomic E-state index is 0.0499. The van der Waals surface area contributed by atoms with Crippen LogP contribution in [0.15, 0.2) is 30.3 Å². The van der Waals surface area contributed by atoms with Crippen LogP contribution in [0.2, 0.25) is 0 Å². The Labute approximate surface area is 200 Å². The average molecular weight is 489 g/mol. The van der Waals surface area contributed by atoms with E-state index in [1.54, 1.807) is 14.0 Å². The zero-order chi connectivity index (χ0) is 24.7. The minimum Gasteiger partial charge on any atom is -0.493 e. The Bertz CT molecular complexity index is 1240. The number of hydrogen-bond acceptors (Lipinski definition) is 7. The second-order valence-electron chi connectivity index (χ2n) is 9.08. The standard InChI is InChI=1S/C25H27F3N4O3/c1-13(15-7-16(25(26,27)28)9-17(29)8-15)30-24-19-10-22(35-18-5-6-34-12-18)21(33-2)11-20(19)31-23(32-24)14-3-4-14/h7-11,13-14,18H,3-6,12,29H2,1-2H3,(H,30,31,32)/t13-,18+/m1/s1. The molecule has 2 aliphatic rings. The normalized spacial score (nSPS) is 19.1. The van der Waals surface area contributed by atoms with Crippen LogP contribution >= 0.6 is 0 Å². The van der Waals surface area contributed by atoms with Gasteiger partial charge in [-0.3, -0.25) is 0 Å². The maximum absolute atomic E-state index is 13.3. The molecule has 0 amide bonds. The first-order valence-corrected chi connectivity index (χ1v) is 11.6. The summed E-state index contributed by atoms with van der Waals surface area (Å²) < 4.78 is 57.2. The molecule has 186 valence electrons. The highest BCUT2D eigenvalue weighted by Crippen LogP contribution is 2.42. The highest BCUT2D eigenvalue weighted by atomic mass is 19.4. The number of rotatable bonds is 7. The number of nitrogens with two attached hydrogens (primary N) is 1. The molecule has 10 heteroatoms. The summed E-state index contributed by atoms with van der Waals surface area (Å²) >= 11 is 0. The summed E-state index contributed by atoms with van der Waals surface area (Å²) in [6.07, 6.45) is -1.79. The Morgan fingerprint density at radius 3 is 2.54 bits per heavy atom. The van der Waals surface area contributed by atoms with Gasteiger partial charge in [0.15, 0.2) is 11.5 Å². The van der Waals surface area contributed by atoms with Crippen molar-refractivity contribution in [3.8, 4) is 11.5 Å². The van der Waals surface area contributed by atoms with Crippen molar-refractivity contribution in [1.82, 2.24) is 9.97 Å². The lowest BCUT2D eigenvalue weighted by Crippen LogP contribution is -2.16. The molecular formula is C25H27F3N4O3. The van der Waals surface area contributed by atoms with Gasteiger partial charge in [-0.05, 0) is 49.6 Å². The van der Waals surface area contributed by atoms with Crippen molar-refractivity contribution < 1.29 is 27.4 Å². The van der Waals surface area contributed by atoms with Crippen LogP contribution in [-0.2, 0) is 10.9 Å². The van der Waals surface area contributed by atoms with E-state index >= 15 is 0 Å². The molecular weight excluding hydrogens is 461 g/mol. The van der Waals surface area contributed by atoms with Gasteiger partial charge in [-0.15, -0.1) is 0 Å². The highest BCUT2D eigenvalue weighted by Gasteiger charge is 2.32. The molecule has 0 bridgehead atoms. The fourth-order valence-electron chi connectivity index (χ4n) is 4.20. The maximum Gasteiger partial charge on any atom is 0.416 e. The van der Waals surface area contributed by atoms with Crippen molar-refractivity contribution in [1.29, 1.82) is 0 Å². The molecule has 3 N–H and O–H groups in total. The van der Waals surface area contributed by atoms with Crippen LogP contribution in [0, 0.1) is 0 Å². The second-order valence-corrected chi connectivity index (χ2v) is 9.08. The number of halogens is 3. The largest absolute Gasteiger partial charge is 0.493 e. The first-order valence-electron chi connectivity index (χ1n) is 11.6. The minimum atomic E-state index is -4.49. The van der Waals surface area contributed by atoms with Crippen molar-refractivity contribution in [2.24, 2.45) is 0 Å². The van der Waals surface area contributed by atoms with Gasteiger partial charge in [-0.1, -0.05) is 0 Å². The number of hydrogen-bond donors (Lipinski definition) is 2. The Kier molecular flexibility index (Phi) is 6.08. The Morgan fingerprint density at radius 2 is 1.89 bits per heavy atom. The van der Waals surface area contributed by atoms with Crippen molar-refractivity contribution in [2.45, 2.75) is 50.4 Å². The first kappa shape index (κ1) is 23.5. The summed E-state index contributed by atoms with van der Waals surface area (Å²) in [7, 11) is 1.57. The number of aromatic nitrogens is 2. The van der Waals surface area contributed by atoms with Crippen LogP contribution in [0.3, 0.4) is 0 Å². The number of anilines is 2. The average Bonchev–Trinajstić information content (AvgIpc) is 3.54. The molecule has 1 aliphatic carbocycles. The topological polar surface area (TPSA) is 91.5 Å². The van der Waals surface area contributed by atoms with E-state index in [1.165, 1.54) is 6.07 Å². The molecule has 0 radical (unpaired) electrons. The molecule has 1 saturated carbocycles. The fraction of sp³-hybridized carbons (Fsp3) is 0.440. The van der Waals surface area contributed by atoms with Crippen LogP contribution in [0.5, 0.6) is 11.5 Å². The predicted molar refractivity (Wildman–Crippen MR) is 126 cm³/mol. The van der Waals surface area contributed by atoms with E-state index < -0.39 is 17.8 Å². The molecule has 1 aliphatic heterocycles. The van der Waals surface area contributed by atoms with Gasteiger partial charge in [0.2, 0.25) is 0 Å². The van der Waals surface area contributed by atoms with E-state index in [0.29, 0.717) is 52.8 Å². The molecule has 1 aromatic heterocycles. The number of benzene rings is 2. The molecule has 3 aromatic rings. The lowest BCUT2D eigenvalue weighted by atomic mass is 10.0. The molecule has 7 nitrogen and oxygen atoms in total. The van der Waals surface area contributed by atoms with E-state index in [2.05, 4.69) is 5.32 Å². The Hall–Kier alpha value is -3.27. The van der Waals surface area contributed by atoms with Crippen molar-refractivity contribution >= 4 is 22.4 Å². The zero-order valence-electron chi connectivity index (χ0n) is 19.5. The quantitative estimate of drug-likeness (QED) is 0.427. The number of methoxy groups -OCH3 is 1. The van der Waals surface area contributed by atoms with Gasteiger partial charge < -0.3 is 25.3 Å². The smallest absolute Gasteiger partial charge is 0.416 e. The number of ether oxygens (including phenoxy) is 3. The summed E-state index contributed by atoms with van der Waals surface area (Å²) in [4.78, 5) is 9.49. The lowest BCUT2D eigenvalue weighted by Gasteiger charge is -2.20. The lowest BCUT2D eigenvalue weighted by molar-refractivity contribution is -0.137. The molecule has 1 saturated heterocycles.